The molecule has 2 aliphatic rings. The van der Waals surface area contributed by atoms with E-state index in [2.05, 4.69) is 20.4 Å². The first kappa shape index (κ1) is 19.4. The van der Waals surface area contributed by atoms with Gasteiger partial charge in [0.1, 0.15) is 5.75 Å². The Labute approximate surface area is 184 Å². The van der Waals surface area contributed by atoms with Gasteiger partial charge in [0, 0.05) is 42.0 Å². The van der Waals surface area contributed by atoms with Crippen LogP contribution >= 0.6 is 0 Å². The lowest BCUT2D eigenvalue weighted by Crippen LogP contribution is -2.42. The lowest BCUT2D eigenvalue weighted by Gasteiger charge is -2.31. The fraction of sp³-hybridized carbons (Fsp3) is 0.417. The largest absolute Gasteiger partial charge is 0.507 e. The van der Waals surface area contributed by atoms with Gasteiger partial charge < -0.3 is 15.0 Å². The average Bonchev–Trinajstić information content (AvgIpc) is 3.39. The highest BCUT2D eigenvalue weighted by Gasteiger charge is 2.46. The molecule has 32 heavy (non-hydrogen) atoms. The third-order valence-corrected chi connectivity index (χ3v) is 7.17. The smallest absolute Gasteiger partial charge is 0.262 e. The highest BCUT2D eigenvalue weighted by atomic mass is 16.3. The maximum absolute atomic E-state index is 13.4. The zero-order valence-electron chi connectivity index (χ0n) is 18.5. The number of rotatable bonds is 2. The second kappa shape index (κ2) is 6.62. The van der Waals surface area contributed by atoms with E-state index in [1.807, 2.05) is 50.0 Å². The average molecular weight is 431 g/mol. The summed E-state index contributed by atoms with van der Waals surface area (Å²) in [4.78, 5) is 22.8. The van der Waals surface area contributed by atoms with Crippen LogP contribution in [0.5, 0.6) is 5.75 Å². The molecule has 2 N–H and O–H groups in total. The fourth-order valence-corrected chi connectivity index (χ4v) is 5.25. The highest BCUT2D eigenvalue weighted by Crippen LogP contribution is 2.45. The van der Waals surface area contributed by atoms with E-state index in [0.29, 0.717) is 33.5 Å². The van der Waals surface area contributed by atoms with Crippen molar-refractivity contribution in [2.45, 2.75) is 51.1 Å². The predicted octanol–water partition coefficient (Wildman–Crippen LogP) is 3.12. The Hall–Kier alpha value is -3.26. The van der Waals surface area contributed by atoms with Crippen molar-refractivity contribution < 1.29 is 5.11 Å². The molecule has 1 aliphatic heterocycles. The van der Waals surface area contributed by atoms with Crippen LogP contribution in [0.3, 0.4) is 0 Å². The van der Waals surface area contributed by atoms with Crippen LogP contribution in [0.15, 0.2) is 29.3 Å². The van der Waals surface area contributed by atoms with Gasteiger partial charge in [0.05, 0.1) is 27.7 Å². The van der Waals surface area contributed by atoms with Crippen molar-refractivity contribution in [1.82, 2.24) is 29.6 Å². The number of hydrogen-bond acceptors (Lipinski definition) is 6. The molecule has 0 amide bonds. The Morgan fingerprint density at radius 1 is 1.25 bits per heavy atom. The molecule has 164 valence electrons. The van der Waals surface area contributed by atoms with Gasteiger partial charge in [-0.05, 0) is 58.2 Å². The lowest BCUT2D eigenvalue weighted by molar-refractivity contribution is 0.282. The Kier molecular flexibility index (Phi) is 4.02. The summed E-state index contributed by atoms with van der Waals surface area (Å²) < 4.78 is 3.60. The van der Waals surface area contributed by atoms with E-state index in [1.54, 1.807) is 4.68 Å². The van der Waals surface area contributed by atoms with Crippen molar-refractivity contribution in [3.63, 3.8) is 0 Å². The van der Waals surface area contributed by atoms with Crippen LogP contribution in [0.2, 0.25) is 0 Å². The molecule has 1 spiro atoms. The fourth-order valence-electron chi connectivity index (χ4n) is 5.25. The molecule has 8 nitrogen and oxygen atoms in total. The van der Waals surface area contributed by atoms with Gasteiger partial charge >= 0.3 is 0 Å². The van der Waals surface area contributed by atoms with Crippen molar-refractivity contribution in [3.05, 3.63) is 46.1 Å². The topological polar surface area (TPSA) is 97.9 Å². The lowest BCUT2D eigenvalue weighted by atomic mass is 9.97. The summed E-state index contributed by atoms with van der Waals surface area (Å²) in [5, 5.41) is 20.4. The quantitative estimate of drug-likeness (QED) is 0.507. The van der Waals surface area contributed by atoms with E-state index >= 15 is 0 Å². The first-order valence-electron chi connectivity index (χ1n) is 11.2. The monoisotopic (exact) mass is 430 g/mol. The van der Waals surface area contributed by atoms with E-state index in [4.69, 9.17) is 0 Å². The van der Waals surface area contributed by atoms with E-state index in [1.165, 1.54) is 12.8 Å². The predicted molar refractivity (Wildman–Crippen MR) is 123 cm³/mol. The molecule has 1 saturated heterocycles. The van der Waals surface area contributed by atoms with Crippen LogP contribution in [0, 0.1) is 13.8 Å². The van der Waals surface area contributed by atoms with Gasteiger partial charge in [-0.3, -0.25) is 9.48 Å². The normalized spacial score (nSPS) is 19.8. The van der Waals surface area contributed by atoms with Crippen molar-refractivity contribution in [2.24, 2.45) is 7.05 Å². The number of pyridine rings is 1. The Balaban J connectivity index is 1.48. The maximum atomic E-state index is 13.4. The second-order valence-corrected chi connectivity index (χ2v) is 9.41. The third-order valence-electron chi connectivity index (χ3n) is 7.17. The molecule has 6 rings (SSSR count). The Bertz CT molecular complexity index is 1460. The molecule has 0 radical (unpaired) electrons. The van der Waals surface area contributed by atoms with Gasteiger partial charge in [0.25, 0.3) is 5.56 Å². The number of fused-ring (bicyclic) bond motifs is 2. The number of aryl methyl sites for hydroxylation is 3. The van der Waals surface area contributed by atoms with E-state index < -0.39 is 0 Å². The number of aromatic hydroxyl groups is 1. The molecule has 1 aromatic carbocycles. The molecule has 8 heteroatoms. The molecule has 2 fully saturated rings. The van der Waals surface area contributed by atoms with Crippen molar-refractivity contribution in [3.8, 4) is 17.1 Å². The molecular weight excluding hydrogens is 404 g/mol. The molecule has 1 atom stereocenters. The van der Waals surface area contributed by atoms with Crippen LogP contribution in [-0.2, 0) is 7.05 Å². The molecule has 0 unspecified atom stereocenters. The van der Waals surface area contributed by atoms with Crippen LogP contribution in [0.25, 0.3) is 33.2 Å². The number of phenols is 1. The standard InChI is InChI=1S/C24H26N6O2/c1-13-20-15(12-29(3)28-20)10-17(21(13)31)22-26-14(2)19-18(27-22)5-9-30(23(19)32)16-4-8-25-24(11-16)6-7-24/h5,9-10,12,16,25,31H,4,6-8,11H2,1-3H3/t16-/m0/s1. The third kappa shape index (κ3) is 2.86. The van der Waals surface area contributed by atoms with Crippen molar-refractivity contribution in [1.29, 1.82) is 0 Å². The number of phenolic OH excluding ortho intramolecular Hbond substituents is 1. The van der Waals surface area contributed by atoms with Gasteiger partial charge in [0.2, 0.25) is 0 Å². The molecule has 0 bridgehead atoms. The van der Waals surface area contributed by atoms with Crippen LogP contribution in [-0.4, -0.2) is 41.5 Å². The number of hydrogen-bond donors (Lipinski definition) is 2. The maximum Gasteiger partial charge on any atom is 0.262 e. The van der Waals surface area contributed by atoms with Gasteiger partial charge in [0.15, 0.2) is 5.82 Å². The number of aromatic nitrogens is 5. The minimum absolute atomic E-state index is 0.0302. The summed E-state index contributed by atoms with van der Waals surface area (Å²) in [6.45, 7) is 4.63. The number of nitrogens with one attached hydrogen (secondary N) is 1. The first-order chi connectivity index (χ1) is 15.3. The summed E-state index contributed by atoms with van der Waals surface area (Å²) in [6, 6.07) is 3.97. The summed E-state index contributed by atoms with van der Waals surface area (Å²) in [5.41, 5.74) is 3.44. The zero-order chi connectivity index (χ0) is 22.2. The van der Waals surface area contributed by atoms with E-state index in [0.717, 1.165) is 30.3 Å². The van der Waals surface area contributed by atoms with Gasteiger partial charge in [-0.2, -0.15) is 5.10 Å². The minimum atomic E-state index is -0.0302. The Morgan fingerprint density at radius 3 is 2.84 bits per heavy atom. The number of piperidine rings is 1. The van der Waals surface area contributed by atoms with E-state index in [9.17, 15) is 9.90 Å². The molecule has 1 aliphatic carbocycles. The summed E-state index contributed by atoms with van der Waals surface area (Å²) in [6.07, 6.45) is 8.12. The summed E-state index contributed by atoms with van der Waals surface area (Å²) >= 11 is 0. The zero-order valence-corrected chi connectivity index (χ0v) is 18.5. The Morgan fingerprint density at radius 2 is 2.06 bits per heavy atom. The summed E-state index contributed by atoms with van der Waals surface area (Å²) in [5.74, 6) is 0.532. The minimum Gasteiger partial charge on any atom is -0.507 e. The number of benzene rings is 1. The first-order valence-corrected chi connectivity index (χ1v) is 11.2. The van der Waals surface area contributed by atoms with Crippen molar-refractivity contribution >= 4 is 21.8 Å². The molecular formula is C24H26N6O2. The van der Waals surface area contributed by atoms with E-state index in [-0.39, 0.29) is 22.9 Å². The van der Waals surface area contributed by atoms with Gasteiger partial charge in [-0.15, -0.1) is 0 Å². The van der Waals surface area contributed by atoms with Gasteiger partial charge in [-0.1, -0.05) is 0 Å². The second-order valence-electron chi connectivity index (χ2n) is 9.41. The summed E-state index contributed by atoms with van der Waals surface area (Å²) in [7, 11) is 1.85. The van der Waals surface area contributed by atoms with Crippen LogP contribution in [0.4, 0.5) is 0 Å². The molecule has 1 saturated carbocycles. The van der Waals surface area contributed by atoms with Crippen LogP contribution in [0.1, 0.15) is 43.0 Å². The molecule has 4 heterocycles. The highest BCUT2D eigenvalue weighted by molar-refractivity contribution is 5.91. The molecule has 4 aromatic rings. The number of nitrogens with zero attached hydrogens (tertiary/aromatic N) is 5. The molecule has 3 aromatic heterocycles. The van der Waals surface area contributed by atoms with Gasteiger partial charge in [-0.25, -0.2) is 9.97 Å². The van der Waals surface area contributed by atoms with Crippen LogP contribution < -0.4 is 10.9 Å². The van der Waals surface area contributed by atoms with Crippen molar-refractivity contribution in [2.75, 3.05) is 6.54 Å². The SMILES string of the molecule is Cc1c(O)c(-c2nc(C)c3c(=O)n([C@H]4CCNC5(CC5)C4)ccc3n2)cc2cn(C)nc12.